The van der Waals surface area contributed by atoms with Gasteiger partial charge in [0.2, 0.25) is 5.91 Å². The van der Waals surface area contributed by atoms with E-state index in [1.807, 2.05) is 30.0 Å². The molecule has 3 aromatic rings. The van der Waals surface area contributed by atoms with E-state index in [0.717, 1.165) is 79.7 Å². The molecule has 0 unspecified atom stereocenters. The minimum absolute atomic E-state index is 0.0647. The van der Waals surface area contributed by atoms with Gasteiger partial charge in [0.05, 0.1) is 5.69 Å². The van der Waals surface area contributed by atoms with E-state index in [4.69, 9.17) is 16.1 Å². The van der Waals surface area contributed by atoms with Crippen molar-refractivity contribution in [1.29, 1.82) is 0 Å². The third-order valence-electron chi connectivity index (χ3n) is 6.33. The zero-order valence-electron chi connectivity index (χ0n) is 17.5. The Kier molecular flexibility index (Phi) is 5.40. The van der Waals surface area contributed by atoms with Crippen LogP contribution in [0.2, 0.25) is 5.02 Å². The molecule has 2 aliphatic rings. The largest absolute Gasteiger partial charge is 0.368 e. The number of aryl methyl sites for hydroxylation is 1. The number of anilines is 2. The molecule has 0 saturated carbocycles. The van der Waals surface area contributed by atoms with E-state index in [1.165, 1.54) is 6.33 Å². The first kappa shape index (κ1) is 20.1. The number of amides is 1. The average Bonchev–Trinajstić information content (AvgIpc) is 3.20. The molecule has 4 heterocycles. The van der Waals surface area contributed by atoms with Crippen LogP contribution in [-0.2, 0) is 4.79 Å². The molecule has 5 rings (SSSR count). The Morgan fingerprint density at radius 1 is 1.06 bits per heavy atom. The van der Waals surface area contributed by atoms with Crippen molar-refractivity contribution in [2.45, 2.75) is 19.8 Å². The van der Waals surface area contributed by atoms with Gasteiger partial charge in [0, 0.05) is 55.9 Å². The Morgan fingerprint density at radius 3 is 2.58 bits per heavy atom. The summed E-state index contributed by atoms with van der Waals surface area (Å²) < 4.78 is 5.27. The van der Waals surface area contributed by atoms with Gasteiger partial charge in [-0.3, -0.25) is 4.79 Å². The maximum absolute atomic E-state index is 13.1. The van der Waals surface area contributed by atoms with Crippen molar-refractivity contribution in [3.8, 4) is 0 Å². The van der Waals surface area contributed by atoms with E-state index in [1.54, 1.807) is 0 Å². The first-order valence-corrected chi connectivity index (χ1v) is 11.1. The van der Waals surface area contributed by atoms with Gasteiger partial charge >= 0.3 is 0 Å². The van der Waals surface area contributed by atoms with E-state index < -0.39 is 0 Å². The Bertz CT molecular complexity index is 1090. The van der Waals surface area contributed by atoms with Crippen molar-refractivity contribution in [1.82, 2.24) is 20.0 Å². The highest BCUT2D eigenvalue weighted by Crippen LogP contribution is 2.30. The Labute approximate surface area is 185 Å². The lowest BCUT2D eigenvalue weighted by Crippen LogP contribution is -2.51. The van der Waals surface area contributed by atoms with Gasteiger partial charge < -0.3 is 19.2 Å². The molecule has 31 heavy (non-hydrogen) atoms. The van der Waals surface area contributed by atoms with Gasteiger partial charge in [-0.25, -0.2) is 4.98 Å². The van der Waals surface area contributed by atoms with Crippen molar-refractivity contribution in [3.05, 3.63) is 41.3 Å². The first-order valence-electron chi connectivity index (χ1n) is 10.7. The van der Waals surface area contributed by atoms with Gasteiger partial charge in [-0.2, -0.15) is 4.98 Å². The molecule has 2 fully saturated rings. The lowest BCUT2D eigenvalue weighted by molar-refractivity contribution is -0.136. The monoisotopic (exact) mass is 440 g/mol. The number of nitrogens with zero attached hydrogens (tertiary/aromatic N) is 6. The normalized spacial score (nSPS) is 18.1. The summed E-state index contributed by atoms with van der Waals surface area (Å²) in [6.45, 7) is 6.63. The minimum Gasteiger partial charge on any atom is -0.368 e. The highest BCUT2D eigenvalue weighted by Gasteiger charge is 2.31. The molecule has 2 aromatic heterocycles. The summed E-state index contributed by atoms with van der Waals surface area (Å²) in [5.41, 5.74) is 2.42. The summed E-state index contributed by atoms with van der Waals surface area (Å²) in [7, 11) is 0. The molecule has 1 aromatic carbocycles. The van der Waals surface area contributed by atoms with Crippen molar-refractivity contribution in [2.75, 3.05) is 49.1 Å². The predicted octanol–water partition coefficient (Wildman–Crippen LogP) is 3.14. The summed E-state index contributed by atoms with van der Waals surface area (Å²) >= 11 is 6.12. The summed E-state index contributed by atoms with van der Waals surface area (Å²) in [6.07, 6.45) is 3.16. The van der Waals surface area contributed by atoms with Crippen molar-refractivity contribution < 1.29 is 9.32 Å². The SMILES string of the molecule is Cc1noc2ncnc(N3CCC(C(=O)N4CCN(c5cccc(Cl)c5)CC4)CC3)c12. The number of piperazine rings is 1. The first-order chi connectivity index (χ1) is 15.1. The van der Waals surface area contributed by atoms with E-state index in [-0.39, 0.29) is 11.8 Å². The molecule has 0 atom stereocenters. The van der Waals surface area contributed by atoms with Crippen LogP contribution < -0.4 is 9.80 Å². The van der Waals surface area contributed by atoms with E-state index in [0.29, 0.717) is 5.71 Å². The molecule has 9 heteroatoms. The van der Waals surface area contributed by atoms with Crippen molar-refractivity contribution in [3.63, 3.8) is 0 Å². The smallest absolute Gasteiger partial charge is 0.263 e. The van der Waals surface area contributed by atoms with Gasteiger partial charge in [-0.1, -0.05) is 22.8 Å². The molecule has 8 nitrogen and oxygen atoms in total. The summed E-state index contributed by atoms with van der Waals surface area (Å²) in [5.74, 6) is 1.19. The fraction of sp³-hybridized carbons (Fsp3) is 0.455. The lowest BCUT2D eigenvalue weighted by atomic mass is 9.94. The Morgan fingerprint density at radius 2 is 1.84 bits per heavy atom. The number of aromatic nitrogens is 3. The molecule has 0 bridgehead atoms. The highest BCUT2D eigenvalue weighted by atomic mass is 35.5. The molecule has 0 N–H and O–H groups in total. The quantitative estimate of drug-likeness (QED) is 0.619. The van der Waals surface area contributed by atoms with Crippen LogP contribution in [0.15, 0.2) is 35.1 Å². The molecule has 162 valence electrons. The lowest BCUT2D eigenvalue weighted by Gasteiger charge is -2.39. The number of hydrogen-bond donors (Lipinski definition) is 0. The molecule has 0 aliphatic carbocycles. The van der Waals surface area contributed by atoms with Crippen LogP contribution in [0.1, 0.15) is 18.5 Å². The topological polar surface area (TPSA) is 78.6 Å². The van der Waals surface area contributed by atoms with E-state index in [2.05, 4.69) is 31.0 Å². The number of fused-ring (bicyclic) bond motifs is 1. The maximum atomic E-state index is 13.1. The number of piperidine rings is 1. The average molecular weight is 441 g/mol. The van der Waals surface area contributed by atoms with Crippen molar-refractivity contribution >= 4 is 40.1 Å². The van der Waals surface area contributed by atoms with Crippen LogP contribution in [0.4, 0.5) is 11.5 Å². The Hall–Kier alpha value is -2.87. The molecule has 0 spiro atoms. The van der Waals surface area contributed by atoms with Gasteiger partial charge in [-0.05, 0) is 38.0 Å². The second-order valence-corrected chi connectivity index (χ2v) is 8.64. The van der Waals surface area contributed by atoms with Gasteiger partial charge in [0.15, 0.2) is 0 Å². The molecule has 0 radical (unpaired) electrons. The second-order valence-electron chi connectivity index (χ2n) is 8.20. The fourth-order valence-corrected chi connectivity index (χ4v) is 4.78. The number of halogens is 1. The number of carbonyl (C=O) groups is 1. The zero-order valence-corrected chi connectivity index (χ0v) is 18.3. The Balaban J connectivity index is 1.18. The summed E-state index contributed by atoms with van der Waals surface area (Å²) in [4.78, 5) is 28.3. The van der Waals surface area contributed by atoms with E-state index >= 15 is 0 Å². The fourth-order valence-electron chi connectivity index (χ4n) is 4.60. The summed E-state index contributed by atoms with van der Waals surface area (Å²) in [6, 6.07) is 7.90. The molecular weight excluding hydrogens is 416 g/mol. The highest BCUT2D eigenvalue weighted by molar-refractivity contribution is 6.30. The van der Waals surface area contributed by atoms with Crippen molar-refractivity contribution in [2.24, 2.45) is 5.92 Å². The molecule has 2 saturated heterocycles. The van der Waals surface area contributed by atoms with Crippen LogP contribution >= 0.6 is 11.6 Å². The number of benzene rings is 1. The van der Waals surface area contributed by atoms with Crippen LogP contribution in [-0.4, -0.2) is 65.2 Å². The second kappa shape index (κ2) is 8.34. The van der Waals surface area contributed by atoms with Crippen LogP contribution in [0.5, 0.6) is 0 Å². The number of carbonyl (C=O) groups excluding carboxylic acids is 1. The molecule has 1 amide bonds. The third kappa shape index (κ3) is 3.92. The molecular formula is C22H25ClN6O2. The van der Waals surface area contributed by atoms with Crippen LogP contribution in [0, 0.1) is 12.8 Å². The van der Waals surface area contributed by atoms with Gasteiger partial charge in [-0.15, -0.1) is 0 Å². The number of hydrogen-bond acceptors (Lipinski definition) is 7. The minimum atomic E-state index is 0.0647. The van der Waals surface area contributed by atoms with Crippen LogP contribution in [0.25, 0.3) is 11.1 Å². The summed E-state index contributed by atoms with van der Waals surface area (Å²) in [5, 5.41) is 5.62. The van der Waals surface area contributed by atoms with Gasteiger partial charge in [0.25, 0.3) is 5.71 Å². The third-order valence-corrected chi connectivity index (χ3v) is 6.57. The van der Waals surface area contributed by atoms with E-state index in [9.17, 15) is 4.79 Å². The standard InChI is InChI=1S/C22H25ClN6O2/c1-15-19-20(24-14-25-21(19)31-26-15)28-7-5-16(6-8-28)22(30)29-11-9-27(10-12-29)18-4-2-3-17(23)13-18/h2-4,13-14,16H,5-12H2,1H3. The van der Waals surface area contributed by atoms with Crippen LogP contribution in [0.3, 0.4) is 0 Å². The predicted molar refractivity (Wildman–Crippen MR) is 120 cm³/mol. The zero-order chi connectivity index (χ0) is 21.4. The maximum Gasteiger partial charge on any atom is 0.263 e. The van der Waals surface area contributed by atoms with Gasteiger partial charge in [0.1, 0.15) is 17.5 Å². The number of rotatable bonds is 3. The molecule has 2 aliphatic heterocycles.